The zero-order chi connectivity index (χ0) is 10.4. The van der Waals surface area contributed by atoms with E-state index >= 15 is 0 Å². The van der Waals surface area contributed by atoms with Crippen molar-refractivity contribution in [1.82, 2.24) is 10.9 Å². The topological polar surface area (TPSA) is 61.4 Å². The Bertz CT molecular complexity index is 295. The van der Waals surface area contributed by atoms with Crippen LogP contribution in [0, 0.1) is 6.92 Å². The fourth-order valence-corrected chi connectivity index (χ4v) is 0.976. The molecule has 76 valence electrons. The molecule has 1 rings (SSSR count). The van der Waals surface area contributed by atoms with E-state index in [4.69, 9.17) is 5.11 Å². The minimum atomic E-state index is -0.196. The molecule has 1 aromatic carbocycles. The van der Waals surface area contributed by atoms with Gasteiger partial charge in [-0.1, -0.05) is 17.7 Å². The summed E-state index contributed by atoms with van der Waals surface area (Å²) in [7, 11) is 0. The Labute approximate surface area is 82.9 Å². The van der Waals surface area contributed by atoms with Gasteiger partial charge in [0.1, 0.15) is 0 Å². The number of aliphatic hydroxyl groups excluding tert-OH is 1. The Morgan fingerprint density at radius 2 is 2.00 bits per heavy atom. The van der Waals surface area contributed by atoms with E-state index in [9.17, 15) is 4.79 Å². The van der Waals surface area contributed by atoms with Crippen LogP contribution in [0.4, 0.5) is 0 Å². The number of nitrogens with one attached hydrogen (secondary N) is 2. The molecule has 0 unspecified atom stereocenters. The molecule has 0 fully saturated rings. The van der Waals surface area contributed by atoms with Crippen molar-refractivity contribution in [2.45, 2.75) is 6.92 Å². The van der Waals surface area contributed by atoms with E-state index in [0.29, 0.717) is 12.1 Å². The molecule has 0 aliphatic carbocycles. The highest BCUT2D eigenvalue weighted by Crippen LogP contribution is 2.01. The third-order valence-electron chi connectivity index (χ3n) is 1.75. The zero-order valence-electron chi connectivity index (χ0n) is 8.08. The first-order valence-corrected chi connectivity index (χ1v) is 4.45. The van der Waals surface area contributed by atoms with E-state index in [1.54, 1.807) is 12.1 Å². The molecule has 0 saturated carbocycles. The second-order valence-electron chi connectivity index (χ2n) is 2.97. The Hall–Kier alpha value is -1.39. The molecule has 0 heterocycles. The van der Waals surface area contributed by atoms with Gasteiger partial charge in [0, 0.05) is 12.1 Å². The fraction of sp³-hybridized carbons (Fsp3) is 0.300. The van der Waals surface area contributed by atoms with E-state index in [1.807, 2.05) is 19.1 Å². The first-order chi connectivity index (χ1) is 6.74. The van der Waals surface area contributed by atoms with Crippen molar-refractivity contribution in [3.05, 3.63) is 35.4 Å². The third kappa shape index (κ3) is 3.16. The van der Waals surface area contributed by atoms with Crippen LogP contribution in [0.2, 0.25) is 0 Å². The van der Waals surface area contributed by atoms with Crippen molar-refractivity contribution in [1.29, 1.82) is 0 Å². The van der Waals surface area contributed by atoms with Crippen LogP contribution in [0.3, 0.4) is 0 Å². The molecule has 0 aromatic heterocycles. The molecule has 0 aliphatic rings. The van der Waals surface area contributed by atoms with Crippen molar-refractivity contribution in [2.75, 3.05) is 13.2 Å². The highest BCUT2D eigenvalue weighted by molar-refractivity contribution is 5.93. The number of benzene rings is 1. The second kappa shape index (κ2) is 5.36. The van der Waals surface area contributed by atoms with Gasteiger partial charge in [-0.2, -0.15) is 0 Å². The zero-order valence-corrected chi connectivity index (χ0v) is 8.08. The van der Waals surface area contributed by atoms with Gasteiger partial charge in [0.05, 0.1) is 6.61 Å². The Balaban J connectivity index is 2.48. The maximum Gasteiger partial charge on any atom is 0.265 e. The van der Waals surface area contributed by atoms with Crippen LogP contribution in [0.25, 0.3) is 0 Å². The van der Waals surface area contributed by atoms with Crippen LogP contribution >= 0.6 is 0 Å². The average Bonchev–Trinajstić information content (AvgIpc) is 2.19. The number of hydrogen-bond donors (Lipinski definition) is 3. The van der Waals surface area contributed by atoms with Crippen LogP contribution in [-0.2, 0) is 0 Å². The lowest BCUT2D eigenvalue weighted by Crippen LogP contribution is -2.38. The molecule has 0 spiro atoms. The first kappa shape index (κ1) is 10.7. The van der Waals surface area contributed by atoms with E-state index < -0.39 is 0 Å². The summed E-state index contributed by atoms with van der Waals surface area (Å²) >= 11 is 0. The molecule has 0 bridgehead atoms. The number of carbonyl (C=O) groups is 1. The second-order valence-corrected chi connectivity index (χ2v) is 2.97. The predicted molar refractivity (Wildman–Crippen MR) is 53.7 cm³/mol. The molecule has 0 atom stereocenters. The molecule has 3 N–H and O–H groups in total. The Kier molecular flexibility index (Phi) is 4.10. The summed E-state index contributed by atoms with van der Waals surface area (Å²) in [5.74, 6) is -0.196. The molecule has 0 saturated heterocycles. The average molecular weight is 194 g/mol. The number of hydrazine groups is 1. The third-order valence-corrected chi connectivity index (χ3v) is 1.75. The van der Waals surface area contributed by atoms with Crippen LogP contribution in [-0.4, -0.2) is 24.2 Å². The van der Waals surface area contributed by atoms with Gasteiger partial charge >= 0.3 is 0 Å². The molecule has 0 aliphatic heterocycles. The SMILES string of the molecule is Cc1ccc(C(=O)NNCCO)cc1. The highest BCUT2D eigenvalue weighted by atomic mass is 16.3. The summed E-state index contributed by atoms with van der Waals surface area (Å²) in [5.41, 5.74) is 6.78. The van der Waals surface area contributed by atoms with Crippen LogP contribution < -0.4 is 10.9 Å². The minimum Gasteiger partial charge on any atom is -0.395 e. The van der Waals surface area contributed by atoms with Crippen molar-refractivity contribution in [2.24, 2.45) is 0 Å². The minimum absolute atomic E-state index is 0.00578. The number of rotatable bonds is 4. The molecular weight excluding hydrogens is 180 g/mol. The van der Waals surface area contributed by atoms with Crippen molar-refractivity contribution in [3.63, 3.8) is 0 Å². The normalized spacial score (nSPS) is 9.86. The van der Waals surface area contributed by atoms with Gasteiger partial charge in [-0.15, -0.1) is 0 Å². The predicted octanol–water partition coefficient (Wildman–Crippen LogP) is 0.222. The lowest BCUT2D eigenvalue weighted by Gasteiger charge is -2.05. The molecule has 0 radical (unpaired) electrons. The van der Waals surface area contributed by atoms with Crippen molar-refractivity contribution < 1.29 is 9.90 Å². The number of hydrogen-bond acceptors (Lipinski definition) is 3. The van der Waals surface area contributed by atoms with E-state index in [1.165, 1.54) is 0 Å². The maximum absolute atomic E-state index is 11.4. The molecule has 4 heteroatoms. The van der Waals surface area contributed by atoms with Gasteiger partial charge in [0.15, 0.2) is 0 Å². The molecule has 4 nitrogen and oxygen atoms in total. The van der Waals surface area contributed by atoms with E-state index in [2.05, 4.69) is 10.9 Å². The molecular formula is C10H14N2O2. The number of amides is 1. The van der Waals surface area contributed by atoms with Gasteiger partial charge in [-0.05, 0) is 19.1 Å². The monoisotopic (exact) mass is 194 g/mol. The lowest BCUT2D eigenvalue weighted by atomic mass is 10.1. The van der Waals surface area contributed by atoms with Gasteiger partial charge < -0.3 is 5.11 Å². The van der Waals surface area contributed by atoms with Crippen LogP contribution in [0.15, 0.2) is 24.3 Å². The van der Waals surface area contributed by atoms with Crippen molar-refractivity contribution in [3.8, 4) is 0 Å². The van der Waals surface area contributed by atoms with Crippen LogP contribution in [0.5, 0.6) is 0 Å². The Morgan fingerprint density at radius 1 is 1.36 bits per heavy atom. The lowest BCUT2D eigenvalue weighted by molar-refractivity contribution is 0.0930. The molecule has 1 amide bonds. The number of carbonyl (C=O) groups excluding carboxylic acids is 1. The molecule has 14 heavy (non-hydrogen) atoms. The van der Waals surface area contributed by atoms with Gasteiger partial charge in [0.25, 0.3) is 5.91 Å². The smallest absolute Gasteiger partial charge is 0.265 e. The fourth-order valence-electron chi connectivity index (χ4n) is 0.976. The van der Waals surface area contributed by atoms with Gasteiger partial charge in [0.2, 0.25) is 0 Å². The molecule has 1 aromatic rings. The summed E-state index contributed by atoms with van der Waals surface area (Å²) in [6.45, 7) is 2.30. The standard InChI is InChI=1S/C10H14N2O2/c1-8-2-4-9(5-3-8)10(14)12-11-6-7-13/h2-5,11,13H,6-7H2,1H3,(H,12,14). The maximum atomic E-state index is 11.4. The highest BCUT2D eigenvalue weighted by Gasteiger charge is 2.02. The first-order valence-electron chi connectivity index (χ1n) is 4.45. The largest absolute Gasteiger partial charge is 0.395 e. The number of aliphatic hydroxyl groups is 1. The summed E-state index contributed by atoms with van der Waals surface area (Å²) in [6, 6.07) is 7.26. The Morgan fingerprint density at radius 3 is 2.57 bits per heavy atom. The summed E-state index contributed by atoms with van der Waals surface area (Å²) in [6.07, 6.45) is 0. The summed E-state index contributed by atoms with van der Waals surface area (Å²) < 4.78 is 0. The quantitative estimate of drug-likeness (QED) is 0.474. The van der Waals surface area contributed by atoms with E-state index in [-0.39, 0.29) is 12.5 Å². The van der Waals surface area contributed by atoms with Crippen molar-refractivity contribution >= 4 is 5.91 Å². The van der Waals surface area contributed by atoms with Crippen LogP contribution in [0.1, 0.15) is 15.9 Å². The van der Waals surface area contributed by atoms with Gasteiger partial charge in [-0.25, -0.2) is 5.43 Å². The van der Waals surface area contributed by atoms with E-state index in [0.717, 1.165) is 5.56 Å². The van der Waals surface area contributed by atoms with Gasteiger partial charge in [-0.3, -0.25) is 10.2 Å². The summed E-state index contributed by atoms with van der Waals surface area (Å²) in [5, 5.41) is 8.47. The number of aryl methyl sites for hydroxylation is 1. The summed E-state index contributed by atoms with van der Waals surface area (Å²) in [4.78, 5) is 11.4.